The SMILES string of the molecule is CCCNCCCCSc1cc2ccccc2[nH]1. The van der Waals surface area contributed by atoms with Crippen molar-refractivity contribution in [1.29, 1.82) is 0 Å². The molecule has 0 saturated heterocycles. The molecule has 1 aromatic carbocycles. The number of aromatic amines is 1. The van der Waals surface area contributed by atoms with Crippen LogP contribution < -0.4 is 5.32 Å². The lowest BCUT2D eigenvalue weighted by Crippen LogP contribution is -2.15. The predicted molar refractivity (Wildman–Crippen MR) is 81.4 cm³/mol. The van der Waals surface area contributed by atoms with Gasteiger partial charge < -0.3 is 10.3 Å². The molecule has 0 spiro atoms. The number of para-hydroxylation sites is 1. The summed E-state index contributed by atoms with van der Waals surface area (Å²) in [7, 11) is 0. The van der Waals surface area contributed by atoms with Gasteiger partial charge in [-0.2, -0.15) is 0 Å². The average molecular weight is 262 g/mol. The zero-order valence-electron chi connectivity index (χ0n) is 11.0. The topological polar surface area (TPSA) is 27.8 Å². The quantitative estimate of drug-likeness (QED) is 0.555. The van der Waals surface area contributed by atoms with Crippen molar-refractivity contribution < 1.29 is 0 Å². The number of benzene rings is 1. The van der Waals surface area contributed by atoms with Gasteiger partial charge >= 0.3 is 0 Å². The number of hydrogen-bond donors (Lipinski definition) is 2. The molecule has 0 aliphatic rings. The minimum absolute atomic E-state index is 1.15. The predicted octanol–water partition coefficient (Wildman–Crippen LogP) is 4.04. The average Bonchev–Trinajstić information content (AvgIpc) is 2.80. The van der Waals surface area contributed by atoms with Crippen LogP contribution in [-0.4, -0.2) is 23.8 Å². The molecule has 0 aliphatic carbocycles. The Labute approximate surface area is 114 Å². The van der Waals surface area contributed by atoms with Gasteiger partial charge in [-0.3, -0.25) is 0 Å². The van der Waals surface area contributed by atoms with Crippen molar-refractivity contribution in [3.05, 3.63) is 30.3 Å². The third-order valence-electron chi connectivity index (χ3n) is 2.94. The molecule has 1 heterocycles. The Balaban J connectivity index is 1.67. The van der Waals surface area contributed by atoms with Crippen LogP contribution in [0.2, 0.25) is 0 Å². The van der Waals surface area contributed by atoms with Crippen molar-refractivity contribution in [3.8, 4) is 0 Å². The normalized spacial score (nSPS) is 11.2. The number of fused-ring (bicyclic) bond motifs is 1. The summed E-state index contributed by atoms with van der Waals surface area (Å²) in [4.78, 5) is 3.45. The Bertz CT molecular complexity index is 431. The van der Waals surface area contributed by atoms with Gasteiger partial charge in [0.15, 0.2) is 0 Å². The van der Waals surface area contributed by atoms with E-state index in [0.29, 0.717) is 0 Å². The monoisotopic (exact) mass is 262 g/mol. The second kappa shape index (κ2) is 7.49. The molecule has 0 saturated carbocycles. The van der Waals surface area contributed by atoms with Crippen LogP contribution >= 0.6 is 11.8 Å². The molecule has 2 aromatic rings. The molecule has 0 radical (unpaired) electrons. The minimum Gasteiger partial charge on any atom is -0.350 e. The summed E-state index contributed by atoms with van der Waals surface area (Å²) in [6.07, 6.45) is 3.77. The highest BCUT2D eigenvalue weighted by Crippen LogP contribution is 2.23. The van der Waals surface area contributed by atoms with E-state index in [4.69, 9.17) is 0 Å². The van der Waals surface area contributed by atoms with Crippen molar-refractivity contribution in [3.63, 3.8) is 0 Å². The van der Waals surface area contributed by atoms with E-state index in [0.717, 1.165) is 13.1 Å². The Morgan fingerprint density at radius 2 is 2.06 bits per heavy atom. The summed E-state index contributed by atoms with van der Waals surface area (Å²) < 4.78 is 0. The van der Waals surface area contributed by atoms with Crippen molar-refractivity contribution in [2.45, 2.75) is 31.2 Å². The summed E-state index contributed by atoms with van der Waals surface area (Å²) in [5.41, 5.74) is 1.24. The molecule has 2 rings (SSSR count). The van der Waals surface area contributed by atoms with Gasteiger partial charge in [0.1, 0.15) is 0 Å². The second-order valence-electron chi connectivity index (χ2n) is 4.53. The lowest BCUT2D eigenvalue weighted by Gasteiger charge is -2.02. The smallest absolute Gasteiger partial charge is 0.0732 e. The van der Waals surface area contributed by atoms with Crippen molar-refractivity contribution >= 4 is 22.7 Å². The van der Waals surface area contributed by atoms with Crippen LogP contribution in [0.15, 0.2) is 35.4 Å². The van der Waals surface area contributed by atoms with E-state index in [-0.39, 0.29) is 0 Å². The number of unbranched alkanes of at least 4 members (excludes halogenated alkanes) is 1. The first kappa shape index (κ1) is 13.5. The fraction of sp³-hybridized carbons (Fsp3) is 0.467. The third kappa shape index (κ3) is 4.07. The lowest BCUT2D eigenvalue weighted by atomic mass is 10.3. The van der Waals surface area contributed by atoms with E-state index in [1.54, 1.807) is 0 Å². The first-order chi connectivity index (χ1) is 8.90. The standard InChI is InChI=1S/C15H22N2S/c1-2-9-16-10-5-6-11-18-15-12-13-7-3-4-8-14(13)17-15/h3-4,7-8,12,16-17H,2,5-6,9-11H2,1H3. The minimum atomic E-state index is 1.15. The van der Waals surface area contributed by atoms with Gasteiger partial charge in [0, 0.05) is 10.9 Å². The number of thioether (sulfide) groups is 1. The maximum atomic E-state index is 3.45. The van der Waals surface area contributed by atoms with Gasteiger partial charge in [0.2, 0.25) is 0 Å². The Morgan fingerprint density at radius 1 is 1.17 bits per heavy atom. The first-order valence-corrected chi connectivity index (χ1v) is 7.80. The molecular formula is C15H22N2S. The van der Waals surface area contributed by atoms with Gasteiger partial charge in [-0.15, -0.1) is 11.8 Å². The van der Waals surface area contributed by atoms with Crippen LogP contribution in [0.1, 0.15) is 26.2 Å². The molecule has 0 fully saturated rings. The van der Waals surface area contributed by atoms with E-state index in [1.165, 1.54) is 40.9 Å². The summed E-state index contributed by atoms with van der Waals surface area (Å²) in [5, 5.41) is 6.04. The molecule has 0 unspecified atom stereocenters. The van der Waals surface area contributed by atoms with Crippen LogP contribution in [0.5, 0.6) is 0 Å². The molecule has 3 heteroatoms. The maximum absolute atomic E-state index is 3.45. The largest absolute Gasteiger partial charge is 0.350 e. The van der Waals surface area contributed by atoms with Crippen LogP contribution in [-0.2, 0) is 0 Å². The Morgan fingerprint density at radius 3 is 2.89 bits per heavy atom. The molecule has 0 amide bonds. The molecule has 18 heavy (non-hydrogen) atoms. The third-order valence-corrected chi connectivity index (χ3v) is 3.96. The zero-order chi connectivity index (χ0) is 12.6. The highest BCUT2D eigenvalue weighted by molar-refractivity contribution is 7.99. The Hall–Kier alpha value is -0.930. The van der Waals surface area contributed by atoms with Gasteiger partial charge in [-0.25, -0.2) is 0 Å². The Kier molecular flexibility index (Phi) is 5.62. The van der Waals surface area contributed by atoms with Crippen molar-refractivity contribution in [2.24, 2.45) is 0 Å². The van der Waals surface area contributed by atoms with E-state index in [9.17, 15) is 0 Å². The molecule has 2 nitrogen and oxygen atoms in total. The van der Waals surface area contributed by atoms with E-state index >= 15 is 0 Å². The van der Waals surface area contributed by atoms with E-state index in [2.05, 4.69) is 47.6 Å². The summed E-state index contributed by atoms with van der Waals surface area (Å²) in [6.45, 7) is 4.51. The number of hydrogen-bond acceptors (Lipinski definition) is 2. The fourth-order valence-electron chi connectivity index (χ4n) is 1.96. The van der Waals surface area contributed by atoms with E-state index < -0.39 is 0 Å². The second-order valence-corrected chi connectivity index (χ2v) is 5.66. The van der Waals surface area contributed by atoms with Gasteiger partial charge in [-0.1, -0.05) is 25.1 Å². The first-order valence-electron chi connectivity index (χ1n) is 6.81. The zero-order valence-corrected chi connectivity index (χ0v) is 11.9. The van der Waals surface area contributed by atoms with Gasteiger partial charge in [0.25, 0.3) is 0 Å². The summed E-state index contributed by atoms with van der Waals surface area (Å²) >= 11 is 1.93. The van der Waals surface area contributed by atoms with Crippen molar-refractivity contribution in [2.75, 3.05) is 18.8 Å². The summed E-state index contributed by atoms with van der Waals surface area (Å²) in [5.74, 6) is 1.20. The van der Waals surface area contributed by atoms with Crippen LogP contribution in [0, 0.1) is 0 Å². The highest BCUT2D eigenvalue weighted by atomic mass is 32.2. The molecule has 2 N–H and O–H groups in total. The van der Waals surface area contributed by atoms with Gasteiger partial charge in [-0.05, 0) is 50.2 Å². The molecule has 0 bridgehead atoms. The number of aromatic nitrogens is 1. The molecule has 0 aliphatic heterocycles. The van der Waals surface area contributed by atoms with E-state index in [1.807, 2.05) is 11.8 Å². The van der Waals surface area contributed by atoms with Crippen LogP contribution in [0.3, 0.4) is 0 Å². The number of nitrogens with one attached hydrogen (secondary N) is 2. The van der Waals surface area contributed by atoms with Gasteiger partial charge in [0.05, 0.1) is 5.03 Å². The molecular weight excluding hydrogens is 240 g/mol. The van der Waals surface area contributed by atoms with Crippen molar-refractivity contribution in [1.82, 2.24) is 10.3 Å². The van der Waals surface area contributed by atoms with Crippen LogP contribution in [0.25, 0.3) is 10.9 Å². The molecule has 0 atom stereocenters. The number of H-pyrrole nitrogens is 1. The highest BCUT2D eigenvalue weighted by Gasteiger charge is 2.00. The molecule has 98 valence electrons. The summed E-state index contributed by atoms with van der Waals surface area (Å²) in [6, 6.07) is 10.7. The molecule has 1 aromatic heterocycles. The fourth-order valence-corrected chi connectivity index (χ4v) is 2.92. The lowest BCUT2D eigenvalue weighted by molar-refractivity contribution is 0.635. The number of rotatable bonds is 8. The van der Waals surface area contributed by atoms with Crippen LogP contribution in [0.4, 0.5) is 0 Å². The maximum Gasteiger partial charge on any atom is 0.0732 e.